The van der Waals surface area contributed by atoms with Crippen LogP contribution in [0.25, 0.3) is 22.0 Å². The van der Waals surface area contributed by atoms with Crippen LogP contribution in [0.15, 0.2) is 85.1 Å². The average Bonchev–Trinajstić information content (AvgIpc) is 3.14. The molecule has 1 fully saturated rings. The van der Waals surface area contributed by atoms with Crippen molar-refractivity contribution in [1.82, 2.24) is 9.88 Å². The van der Waals surface area contributed by atoms with E-state index in [2.05, 4.69) is 94.9 Å². The van der Waals surface area contributed by atoms with Gasteiger partial charge in [-0.05, 0) is 60.2 Å². The van der Waals surface area contributed by atoms with E-state index in [1.165, 1.54) is 46.0 Å². The van der Waals surface area contributed by atoms with Crippen molar-refractivity contribution in [2.45, 2.75) is 25.3 Å². The lowest BCUT2D eigenvalue weighted by Crippen LogP contribution is -2.26. The predicted molar refractivity (Wildman–Crippen MR) is 125 cm³/mol. The lowest BCUT2D eigenvalue weighted by atomic mass is 9.90. The van der Waals surface area contributed by atoms with Crippen LogP contribution in [0.5, 0.6) is 0 Å². The van der Waals surface area contributed by atoms with Crippen molar-refractivity contribution >= 4 is 23.3 Å². The summed E-state index contributed by atoms with van der Waals surface area (Å²) in [7, 11) is 0. The van der Waals surface area contributed by atoms with Gasteiger partial charge in [0.1, 0.15) is 0 Å². The van der Waals surface area contributed by atoms with Crippen molar-refractivity contribution in [2.24, 2.45) is 0 Å². The van der Waals surface area contributed by atoms with Gasteiger partial charge in [-0.2, -0.15) is 0 Å². The zero-order valence-corrected chi connectivity index (χ0v) is 17.4. The minimum absolute atomic E-state index is 0. The van der Waals surface area contributed by atoms with E-state index >= 15 is 0 Å². The molecule has 1 aliphatic heterocycles. The molecule has 2 heterocycles. The molecule has 0 radical (unpaired) electrons. The fraction of sp³-hybridized carbons (Fsp3) is 0.231. The van der Waals surface area contributed by atoms with Crippen molar-refractivity contribution in [3.05, 3.63) is 96.2 Å². The van der Waals surface area contributed by atoms with Crippen molar-refractivity contribution in [3.63, 3.8) is 0 Å². The van der Waals surface area contributed by atoms with E-state index in [0.29, 0.717) is 5.92 Å². The maximum atomic E-state index is 3.49. The summed E-state index contributed by atoms with van der Waals surface area (Å²) in [5, 5.41) is 4.92. The fourth-order valence-corrected chi connectivity index (χ4v) is 4.49. The molecule has 1 N–H and O–H groups in total. The van der Waals surface area contributed by atoms with Crippen LogP contribution in [-0.2, 0) is 6.54 Å². The second-order valence-corrected chi connectivity index (χ2v) is 7.82. The number of nitrogens with zero attached hydrogens (tertiary/aromatic N) is 1. The molecule has 0 saturated carbocycles. The Morgan fingerprint density at radius 2 is 1.41 bits per heavy atom. The highest BCUT2D eigenvalue weighted by Gasteiger charge is 2.20. The summed E-state index contributed by atoms with van der Waals surface area (Å²) in [6.45, 7) is 3.18. The minimum Gasteiger partial charge on any atom is -0.343 e. The highest BCUT2D eigenvalue weighted by Crippen LogP contribution is 2.33. The molecule has 3 heteroatoms. The molecule has 0 spiro atoms. The van der Waals surface area contributed by atoms with Crippen LogP contribution in [0.1, 0.15) is 29.9 Å². The predicted octanol–water partition coefficient (Wildman–Crippen LogP) is 6.25. The molecule has 1 saturated heterocycles. The quantitative estimate of drug-likeness (QED) is 0.427. The van der Waals surface area contributed by atoms with Gasteiger partial charge in [0.15, 0.2) is 0 Å². The van der Waals surface area contributed by atoms with E-state index in [-0.39, 0.29) is 12.4 Å². The Kier molecular flexibility index (Phi) is 6.03. The van der Waals surface area contributed by atoms with Crippen molar-refractivity contribution in [2.75, 3.05) is 13.1 Å². The van der Waals surface area contributed by atoms with E-state index in [0.717, 1.165) is 19.6 Å². The van der Waals surface area contributed by atoms with Crippen LogP contribution in [0.3, 0.4) is 0 Å². The molecule has 0 aliphatic carbocycles. The highest BCUT2D eigenvalue weighted by atomic mass is 35.5. The number of piperidine rings is 1. The summed E-state index contributed by atoms with van der Waals surface area (Å²) >= 11 is 0. The molecule has 1 aliphatic rings. The molecule has 0 unspecified atom stereocenters. The van der Waals surface area contributed by atoms with E-state index < -0.39 is 0 Å². The van der Waals surface area contributed by atoms with Crippen LogP contribution in [0, 0.1) is 0 Å². The highest BCUT2D eigenvalue weighted by molar-refractivity contribution is 5.85. The second kappa shape index (κ2) is 8.86. The first-order valence-corrected chi connectivity index (χ1v) is 10.3. The Hall–Kier alpha value is -2.55. The Morgan fingerprint density at radius 1 is 0.759 bits per heavy atom. The van der Waals surface area contributed by atoms with Gasteiger partial charge >= 0.3 is 0 Å². The maximum Gasteiger partial charge on any atom is 0.0486 e. The third kappa shape index (κ3) is 4.10. The molecular weight excluding hydrogens is 376 g/mol. The molecular formula is C26H27ClN2. The van der Waals surface area contributed by atoms with Gasteiger partial charge in [0.25, 0.3) is 0 Å². The smallest absolute Gasteiger partial charge is 0.0486 e. The van der Waals surface area contributed by atoms with Crippen LogP contribution in [-0.4, -0.2) is 17.7 Å². The summed E-state index contributed by atoms with van der Waals surface area (Å²) in [4.78, 5) is 0. The summed E-state index contributed by atoms with van der Waals surface area (Å²) in [6, 6.07) is 28.5. The Balaban J connectivity index is 0.00000205. The Bertz CT molecular complexity index is 1060. The number of para-hydroxylation sites is 1. The number of fused-ring (bicyclic) bond motifs is 1. The van der Waals surface area contributed by atoms with Crippen molar-refractivity contribution in [3.8, 4) is 11.1 Å². The van der Waals surface area contributed by atoms with E-state index in [1.807, 2.05) is 0 Å². The minimum atomic E-state index is 0. The van der Waals surface area contributed by atoms with Crippen LogP contribution in [0.2, 0.25) is 0 Å². The molecule has 1 aromatic heterocycles. The molecule has 0 bridgehead atoms. The van der Waals surface area contributed by atoms with E-state index in [9.17, 15) is 0 Å². The van der Waals surface area contributed by atoms with Gasteiger partial charge < -0.3 is 9.88 Å². The summed E-state index contributed by atoms with van der Waals surface area (Å²) in [5.41, 5.74) is 6.77. The number of halogens is 1. The van der Waals surface area contributed by atoms with Gasteiger partial charge in [0, 0.05) is 23.6 Å². The van der Waals surface area contributed by atoms with E-state index in [1.54, 1.807) is 0 Å². The number of nitrogens with one attached hydrogen (secondary N) is 1. The molecule has 148 valence electrons. The molecule has 5 rings (SSSR count). The van der Waals surface area contributed by atoms with Gasteiger partial charge in [-0.3, -0.25) is 0 Å². The molecule has 4 aromatic rings. The summed E-state index contributed by atoms with van der Waals surface area (Å²) in [5.74, 6) is 0.674. The van der Waals surface area contributed by atoms with Gasteiger partial charge in [-0.25, -0.2) is 0 Å². The molecule has 3 aromatic carbocycles. The number of hydrogen-bond donors (Lipinski definition) is 1. The Labute approximate surface area is 179 Å². The largest absolute Gasteiger partial charge is 0.343 e. The standard InChI is InChI=1S/C26H26N2.ClH/c1-2-6-21(7-3-1)22-12-10-20(11-13-22)18-28-19-25(23-14-16-27-17-15-23)24-8-4-5-9-26(24)28;/h1-13,19,23,27H,14-18H2;1H. The fourth-order valence-electron chi connectivity index (χ4n) is 4.49. The zero-order valence-electron chi connectivity index (χ0n) is 16.6. The second-order valence-electron chi connectivity index (χ2n) is 7.82. The lowest BCUT2D eigenvalue weighted by Gasteiger charge is -2.22. The number of benzene rings is 3. The molecule has 2 nitrogen and oxygen atoms in total. The lowest BCUT2D eigenvalue weighted by molar-refractivity contribution is 0.461. The van der Waals surface area contributed by atoms with Gasteiger partial charge in [-0.15, -0.1) is 12.4 Å². The Morgan fingerprint density at radius 3 is 2.17 bits per heavy atom. The van der Waals surface area contributed by atoms with Gasteiger partial charge in [-0.1, -0.05) is 72.8 Å². The first-order valence-electron chi connectivity index (χ1n) is 10.3. The number of rotatable bonds is 4. The third-order valence-corrected chi connectivity index (χ3v) is 6.01. The SMILES string of the molecule is Cl.c1ccc(-c2ccc(Cn3cc(C4CCNCC4)c4ccccc43)cc2)cc1. The van der Waals surface area contributed by atoms with Crippen molar-refractivity contribution < 1.29 is 0 Å². The first-order chi connectivity index (χ1) is 13.9. The topological polar surface area (TPSA) is 17.0 Å². The molecule has 29 heavy (non-hydrogen) atoms. The van der Waals surface area contributed by atoms with Gasteiger partial charge in [0.05, 0.1) is 0 Å². The van der Waals surface area contributed by atoms with E-state index in [4.69, 9.17) is 0 Å². The molecule has 0 atom stereocenters. The first kappa shape index (κ1) is 19.8. The number of aromatic nitrogens is 1. The van der Waals surface area contributed by atoms with Gasteiger partial charge in [0.2, 0.25) is 0 Å². The van der Waals surface area contributed by atoms with Crippen molar-refractivity contribution in [1.29, 1.82) is 0 Å². The third-order valence-electron chi connectivity index (χ3n) is 6.01. The number of hydrogen-bond acceptors (Lipinski definition) is 1. The summed E-state index contributed by atoms with van der Waals surface area (Å²) < 4.78 is 2.43. The van der Waals surface area contributed by atoms with Crippen LogP contribution >= 0.6 is 12.4 Å². The monoisotopic (exact) mass is 402 g/mol. The summed E-state index contributed by atoms with van der Waals surface area (Å²) in [6.07, 6.45) is 4.88. The molecule has 0 amide bonds. The maximum absolute atomic E-state index is 3.49. The zero-order chi connectivity index (χ0) is 18.8. The van der Waals surface area contributed by atoms with Crippen LogP contribution < -0.4 is 5.32 Å². The normalized spacial score (nSPS) is 14.6. The van der Waals surface area contributed by atoms with Crippen LogP contribution in [0.4, 0.5) is 0 Å². The average molecular weight is 403 g/mol.